The number of nitrogens with zero attached hydrogens (tertiary/aromatic N) is 3. The lowest BCUT2D eigenvalue weighted by Gasteiger charge is -2.11. The van der Waals surface area contributed by atoms with Gasteiger partial charge in [0.05, 0.1) is 10.0 Å². The smallest absolute Gasteiger partial charge is 0.191 e. The van der Waals surface area contributed by atoms with E-state index in [9.17, 15) is 0 Å². The molecule has 0 fully saturated rings. The van der Waals surface area contributed by atoms with Gasteiger partial charge < -0.3 is 9.67 Å². The highest BCUT2D eigenvalue weighted by atomic mass is 35.5. The first-order valence-electron chi connectivity index (χ1n) is 5.63. The Bertz CT molecular complexity index is 588. The first-order valence-corrected chi connectivity index (χ1v) is 7.27. The maximum absolute atomic E-state index is 9.09. The fraction of sp³-hybridized carbons (Fsp3) is 0.333. The van der Waals surface area contributed by atoms with Gasteiger partial charge in [0.15, 0.2) is 11.0 Å². The second kappa shape index (κ2) is 6.13. The molecule has 1 aromatic heterocycles. The van der Waals surface area contributed by atoms with Crippen molar-refractivity contribution in [2.24, 2.45) is 7.05 Å². The van der Waals surface area contributed by atoms with Gasteiger partial charge >= 0.3 is 0 Å². The molecule has 1 N–H and O–H groups in total. The molecule has 0 radical (unpaired) electrons. The molecule has 2 aromatic rings. The van der Waals surface area contributed by atoms with Crippen molar-refractivity contribution >= 4 is 35.0 Å². The van der Waals surface area contributed by atoms with E-state index in [4.69, 9.17) is 28.3 Å². The van der Waals surface area contributed by atoms with Gasteiger partial charge in [0.1, 0.15) is 6.61 Å². The number of hydrogen-bond donors (Lipinski definition) is 1. The van der Waals surface area contributed by atoms with Crippen LogP contribution in [0.4, 0.5) is 0 Å². The topological polar surface area (TPSA) is 50.9 Å². The van der Waals surface area contributed by atoms with E-state index < -0.39 is 0 Å². The predicted molar refractivity (Wildman–Crippen MR) is 77.7 cm³/mol. The van der Waals surface area contributed by atoms with Crippen molar-refractivity contribution in [1.29, 1.82) is 0 Å². The lowest BCUT2D eigenvalue weighted by atomic mass is 10.2. The Balaban J connectivity index is 2.18. The highest BCUT2D eigenvalue weighted by molar-refractivity contribution is 7.99. The Morgan fingerprint density at radius 1 is 1.32 bits per heavy atom. The number of hydrogen-bond acceptors (Lipinski definition) is 4. The van der Waals surface area contributed by atoms with Crippen molar-refractivity contribution in [3.05, 3.63) is 39.6 Å². The van der Waals surface area contributed by atoms with Crippen molar-refractivity contribution in [2.45, 2.75) is 23.9 Å². The molecule has 7 heteroatoms. The minimum absolute atomic E-state index is 0.120. The molecule has 1 heterocycles. The van der Waals surface area contributed by atoms with E-state index in [1.54, 1.807) is 22.4 Å². The molecular formula is C12H13Cl2N3OS. The van der Waals surface area contributed by atoms with Crippen LogP contribution in [0.2, 0.25) is 10.0 Å². The van der Waals surface area contributed by atoms with Gasteiger partial charge in [-0.1, -0.05) is 41.0 Å². The van der Waals surface area contributed by atoms with Crippen molar-refractivity contribution in [3.63, 3.8) is 0 Å². The molecule has 0 amide bonds. The number of thioether (sulfide) groups is 1. The van der Waals surface area contributed by atoms with Crippen LogP contribution in [0.1, 0.15) is 23.6 Å². The van der Waals surface area contributed by atoms with E-state index in [1.807, 2.05) is 19.2 Å². The highest BCUT2D eigenvalue weighted by Gasteiger charge is 2.14. The molecule has 1 aromatic carbocycles. The van der Waals surface area contributed by atoms with Crippen molar-refractivity contribution < 1.29 is 5.11 Å². The van der Waals surface area contributed by atoms with Gasteiger partial charge in [-0.2, -0.15) is 0 Å². The third kappa shape index (κ3) is 3.23. The Hall–Kier alpha value is -0.750. The van der Waals surface area contributed by atoms with Gasteiger partial charge in [0.2, 0.25) is 0 Å². The van der Waals surface area contributed by atoms with Crippen LogP contribution in [0.25, 0.3) is 0 Å². The standard InChI is InChI=1S/C12H13Cl2N3OS/c1-7(8-3-4-9(13)10(14)5-8)19-12-16-15-11(6-18)17(12)2/h3-5,7,18H,6H2,1-2H3. The third-order valence-corrected chi connectivity index (χ3v) is 4.69. The average Bonchev–Trinajstić information content (AvgIpc) is 2.73. The maximum Gasteiger partial charge on any atom is 0.191 e. The maximum atomic E-state index is 9.09. The molecular weight excluding hydrogens is 305 g/mol. The minimum Gasteiger partial charge on any atom is -0.388 e. The molecule has 0 aliphatic rings. The Morgan fingerprint density at radius 3 is 2.63 bits per heavy atom. The zero-order chi connectivity index (χ0) is 14.0. The summed E-state index contributed by atoms with van der Waals surface area (Å²) in [5, 5.41) is 19.0. The average molecular weight is 318 g/mol. The van der Waals surface area contributed by atoms with Crippen LogP contribution in [0.3, 0.4) is 0 Å². The van der Waals surface area contributed by atoms with Crippen LogP contribution in [0, 0.1) is 0 Å². The minimum atomic E-state index is -0.120. The summed E-state index contributed by atoms with van der Waals surface area (Å²) in [5.74, 6) is 0.545. The Kier molecular flexibility index (Phi) is 4.73. The predicted octanol–water partition coefficient (Wildman–Crippen LogP) is 3.47. The first-order chi connectivity index (χ1) is 9.02. The summed E-state index contributed by atoms with van der Waals surface area (Å²) in [6, 6.07) is 5.58. The van der Waals surface area contributed by atoms with Gasteiger partial charge in [-0.15, -0.1) is 10.2 Å². The van der Waals surface area contributed by atoms with Crippen LogP contribution < -0.4 is 0 Å². The SMILES string of the molecule is CC(Sc1nnc(CO)n1C)c1ccc(Cl)c(Cl)c1. The fourth-order valence-electron chi connectivity index (χ4n) is 1.58. The molecule has 0 saturated carbocycles. The van der Waals surface area contributed by atoms with Crippen molar-refractivity contribution in [1.82, 2.24) is 14.8 Å². The van der Waals surface area contributed by atoms with Gasteiger partial charge in [0.25, 0.3) is 0 Å². The summed E-state index contributed by atoms with van der Waals surface area (Å²) in [6.07, 6.45) is 0. The largest absolute Gasteiger partial charge is 0.388 e. The molecule has 4 nitrogen and oxygen atoms in total. The molecule has 0 aliphatic carbocycles. The van der Waals surface area contributed by atoms with E-state index in [0.717, 1.165) is 10.7 Å². The lowest BCUT2D eigenvalue weighted by molar-refractivity contribution is 0.266. The summed E-state index contributed by atoms with van der Waals surface area (Å²) < 4.78 is 1.78. The summed E-state index contributed by atoms with van der Waals surface area (Å²) in [7, 11) is 1.83. The van der Waals surface area contributed by atoms with Gasteiger partial charge in [-0.05, 0) is 24.6 Å². The number of rotatable bonds is 4. The normalized spacial score (nSPS) is 12.7. The van der Waals surface area contributed by atoms with Crippen LogP contribution in [0.15, 0.2) is 23.4 Å². The number of halogens is 2. The van der Waals surface area contributed by atoms with Crippen molar-refractivity contribution in [3.8, 4) is 0 Å². The third-order valence-electron chi connectivity index (χ3n) is 2.76. The molecule has 0 aliphatic heterocycles. The zero-order valence-corrected chi connectivity index (χ0v) is 12.8. The summed E-state index contributed by atoms with van der Waals surface area (Å²) in [4.78, 5) is 0. The summed E-state index contributed by atoms with van der Waals surface area (Å²) >= 11 is 13.5. The molecule has 2 rings (SSSR count). The molecule has 19 heavy (non-hydrogen) atoms. The van der Waals surface area contributed by atoms with Crippen LogP contribution in [-0.4, -0.2) is 19.9 Å². The summed E-state index contributed by atoms with van der Waals surface area (Å²) in [6.45, 7) is 1.93. The molecule has 0 saturated heterocycles. The van der Waals surface area contributed by atoms with Gasteiger partial charge in [0, 0.05) is 12.3 Å². The van der Waals surface area contributed by atoms with Crippen molar-refractivity contribution in [2.75, 3.05) is 0 Å². The number of aliphatic hydroxyl groups excluding tert-OH is 1. The Labute approximate surface area is 125 Å². The summed E-state index contributed by atoms with van der Waals surface area (Å²) in [5.41, 5.74) is 1.06. The molecule has 1 atom stereocenters. The zero-order valence-electron chi connectivity index (χ0n) is 10.5. The molecule has 0 spiro atoms. The van der Waals surface area contributed by atoms with Gasteiger partial charge in [-0.3, -0.25) is 0 Å². The van der Waals surface area contributed by atoms with E-state index >= 15 is 0 Å². The molecule has 0 bridgehead atoms. The van der Waals surface area contributed by atoms with Crippen LogP contribution >= 0.6 is 35.0 Å². The quantitative estimate of drug-likeness (QED) is 0.877. The fourth-order valence-corrected chi connectivity index (χ4v) is 2.83. The molecule has 1 unspecified atom stereocenters. The number of aliphatic hydroxyl groups is 1. The lowest BCUT2D eigenvalue weighted by Crippen LogP contribution is -1.99. The van der Waals surface area contributed by atoms with E-state index in [0.29, 0.717) is 15.9 Å². The van der Waals surface area contributed by atoms with Gasteiger partial charge in [-0.25, -0.2) is 0 Å². The first kappa shape index (κ1) is 14.7. The van der Waals surface area contributed by atoms with Crippen LogP contribution in [-0.2, 0) is 13.7 Å². The van der Waals surface area contributed by atoms with Crippen LogP contribution in [0.5, 0.6) is 0 Å². The number of aromatic nitrogens is 3. The second-order valence-corrected chi connectivity index (χ2v) is 6.17. The van der Waals surface area contributed by atoms with E-state index in [2.05, 4.69) is 17.1 Å². The Morgan fingerprint density at radius 2 is 2.05 bits per heavy atom. The van der Waals surface area contributed by atoms with E-state index in [-0.39, 0.29) is 11.9 Å². The molecule has 102 valence electrons. The number of benzene rings is 1. The van der Waals surface area contributed by atoms with E-state index in [1.165, 1.54) is 0 Å². The highest BCUT2D eigenvalue weighted by Crippen LogP contribution is 2.36. The second-order valence-electron chi connectivity index (χ2n) is 4.05. The monoisotopic (exact) mass is 317 g/mol.